The average molecular weight is 284 g/mol. The summed E-state index contributed by atoms with van der Waals surface area (Å²) in [5.74, 6) is 0.778. The van der Waals surface area contributed by atoms with E-state index in [9.17, 15) is 0 Å². The Morgan fingerprint density at radius 3 is 2.05 bits per heavy atom. The maximum Gasteiger partial charge on any atom is 0.0598 e. The van der Waals surface area contributed by atoms with Gasteiger partial charge in [0, 0.05) is 0 Å². The van der Waals surface area contributed by atoms with Crippen molar-refractivity contribution in [1.29, 1.82) is 0 Å². The van der Waals surface area contributed by atoms with Gasteiger partial charge in [0.15, 0.2) is 0 Å². The highest BCUT2D eigenvalue weighted by Gasteiger charge is 2.21. The van der Waals surface area contributed by atoms with Crippen LogP contribution in [-0.4, -0.2) is 36.7 Å². The first kappa shape index (κ1) is 18.0. The molecule has 0 amide bonds. The first-order valence-corrected chi connectivity index (χ1v) is 8.52. The second-order valence-corrected chi connectivity index (χ2v) is 8.73. The van der Waals surface area contributed by atoms with Crippen LogP contribution in [0.25, 0.3) is 0 Å². The molecule has 0 aromatic heterocycles. The van der Waals surface area contributed by atoms with E-state index in [1.165, 1.54) is 51.7 Å². The number of rotatable bonds is 6. The van der Waals surface area contributed by atoms with E-state index < -0.39 is 0 Å². The Bertz CT molecular complexity index is 254. The van der Waals surface area contributed by atoms with Gasteiger partial charge in [0.2, 0.25) is 0 Å². The molecule has 0 bridgehead atoms. The standard InChI is InChI=1S/C18H37NO/c1-17(2,3)11-7-8-12-19-13-9-16(10-14-19)15-20-18(4,5)6/h16H,7-15H2,1-6H3. The molecule has 2 nitrogen and oxygen atoms in total. The summed E-state index contributed by atoms with van der Waals surface area (Å²) in [6.07, 6.45) is 6.71. The molecule has 0 unspecified atom stereocenters. The highest BCUT2D eigenvalue weighted by atomic mass is 16.5. The van der Waals surface area contributed by atoms with E-state index in [1.807, 2.05) is 0 Å². The minimum Gasteiger partial charge on any atom is -0.376 e. The molecule has 20 heavy (non-hydrogen) atoms. The number of hydrogen-bond acceptors (Lipinski definition) is 2. The van der Waals surface area contributed by atoms with E-state index in [4.69, 9.17) is 4.74 Å². The highest BCUT2D eigenvalue weighted by molar-refractivity contribution is 4.73. The van der Waals surface area contributed by atoms with Crippen LogP contribution in [0.2, 0.25) is 0 Å². The molecule has 1 fully saturated rings. The van der Waals surface area contributed by atoms with Crippen LogP contribution in [0.5, 0.6) is 0 Å². The van der Waals surface area contributed by atoms with Gasteiger partial charge in [0.05, 0.1) is 12.2 Å². The van der Waals surface area contributed by atoms with Crippen molar-refractivity contribution in [2.24, 2.45) is 11.3 Å². The SMILES string of the molecule is CC(C)(C)CCCCN1CCC(COC(C)(C)C)CC1. The molecule has 1 aliphatic heterocycles. The number of nitrogens with zero attached hydrogens (tertiary/aromatic N) is 1. The van der Waals surface area contributed by atoms with Crippen molar-refractivity contribution in [3.63, 3.8) is 0 Å². The quantitative estimate of drug-likeness (QED) is 0.653. The highest BCUT2D eigenvalue weighted by Crippen LogP contribution is 2.23. The summed E-state index contributed by atoms with van der Waals surface area (Å²) in [4.78, 5) is 2.65. The summed E-state index contributed by atoms with van der Waals surface area (Å²) in [6.45, 7) is 18.3. The molecule has 1 saturated heterocycles. The van der Waals surface area contributed by atoms with E-state index in [0.717, 1.165) is 12.5 Å². The van der Waals surface area contributed by atoms with Crippen LogP contribution in [0.4, 0.5) is 0 Å². The summed E-state index contributed by atoms with van der Waals surface area (Å²) >= 11 is 0. The lowest BCUT2D eigenvalue weighted by molar-refractivity contribution is -0.0325. The molecule has 1 aliphatic rings. The summed E-state index contributed by atoms with van der Waals surface area (Å²) < 4.78 is 5.92. The Kier molecular flexibility index (Phi) is 7.00. The van der Waals surface area contributed by atoms with Crippen molar-refractivity contribution in [2.75, 3.05) is 26.2 Å². The fourth-order valence-corrected chi connectivity index (χ4v) is 2.74. The molecule has 0 aromatic rings. The van der Waals surface area contributed by atoms with Crippen LogP contribution < -0.4 is 0 Å². The summed E-state index contributed by atoms with van der Waals surface area (Å²) in [5, 5.41) is 0. The molecule has 0 N–H and O–H groups in total. The molecule has 0 atom stereocenters. The van der Waals surface area contributed by atoms with E-state index in [-0.39, 0.29) is 5.60 Å². The largest absolute Gasteiger partial charge is 0.376 e. The maximum atomic E-state index is 5.92. The van der Waals surface area contributed by atoms with Gasteiger partial charge >= 0.3 is 0 Å². The molecule has 1 rings (SSSR count). The summed E-state index contributed by atoms with van der Waals surface area (Å²) in [7, 11) is 0. The van der Waals surface area contributed by atoms with Gasteiger partial charge in [-0.1, -0.05) is 27.2 Å². The second-order valence-electron chi connectivity index (χ2n) is 8.73. The third-order valence-corrected chi connectivity index (χ3v) is 4.11. The smallest absolute Gasteiger partial charge is 0.0598 e. The van der Waals surface area contributed by atoms with Crippen molar-refractivity contribution in [3.8, 4) is 0 Å². The third-order valence-electron chi connectivity index (χ3n) is 4.11. The van der Waals surface area contributed by atoms with Gasteiger partial charge in [0.1, 0.15) is 0 Å². The first-order chi connectivity index (χ1) is 9.16. The maximum absolute atomic E-state index is 5.92. The molecule has 0 radical (unpaired) electrons. The summed E-state index contributed by atoms with van der Waals surface area (Å²) in [5.41, 5.74) is 0.515. The van der Waals surface area contributed by atoms with Crippen LogP contribution in [0.3, 0.4) is 0 Å². The van der Waals surface area contributed by atoms with Gasteiger partial charge in [-0.05, 0) is 77.4 Å². The van der Waals surface area contributed by atoms with Crippen LogP contribution >= 0.6 is 0 Å². The molecule has 120 valence electrons. The number of hydrogen-bond donors (Lipinski definition) is 0. The minimum atomic E-state index is 0.0179. The third kappa shape index (κ3) is 8.97. The normalized spacial score (nSPS) is 19.5. The van der Waals surface area contributed by atoms with Crippen LogP contribution in [0.15, 0.2) is 0 Å². The van der Waals surface area contributed by atoms with E-state index in [1.54, 1.807) is 0 Å². The predicted molar refractivity (Wildman–Crippen MR) is 88.2 cm³/mol. The molecular formula is C18H37NO. The Labute approximate surface area is 127 Å². The molecule has 0 aromatic carbocycles. The van der Waals surface area contributed by atoms with Crippen LogP contribution in [0, 0.1) is 11.3 Å². The number of ether oxygens (including phenoxy) is 1. The Morgan fingerprint density at radius 2 is 1.55 bits per heavy atom. The van der Waals surface area contributed by atoms with E-state index in [2.05, 4.69) is 46.4 Å². The Morgan fingerprint density at radius 1 is 0.950 bits per heavy atom. The van der Waals surface area contributed by atoms with Crippen molar-refractivity contribution in [3.05, 3.63) is 0 Å². The Balaban J connectivity index is 2.07. The van der Waals surface area contributed by atoms with Crippen molar-refractivity contribution in [1.82, 2.24) is 4.90 Å². The van der Waals surface area contributed by atoms with Gasteiger partial charge in [-0.2, -0.15) is 0 Å². The van der Waals surface area contributed by atoms with Crippen molar-refractivity contribution in [2.45, 2.75) is 79.2 Å². The first-order valence-electron chi connectivity index (χ1n) is 8.52. The molecule has 0 aliphatic carbocycles. The average Bonchev–Trinajstić information content (AvgIpc) is 2.31. The Hall–Kier alpha value is -0.0800. The van der Waals surface area contributed by atoms with Gasteiger partial charge in [-0.3, -0.25) is 0 Å². The number of piperidine rings is 1. The predicted octanol–water partition coefficient (Wildman–Crippen LogP) is 4.73. The van der Waals surface area contributed by atoms with Crippen LogP contribution in [-0.2, 0) is 4.74 Å². The lowest BCUT2D eigenvalue weighted by Gasteiger charge is -2.33. The lowest BCUT2D eigenvalue weighted by atomic mass is 9.90. The van der Waals surface area contributed by atoms with Crippen molar-refractivity contribution >= 4 is 0 Å². The molecule has 0 saturated carbocycles. The monoisotopic (exact) mass is 283 g/mol. The lowest BCUT2D eigenvalue weighted by Crippen LogP contribution is -2.36. The molecule has 1 heterocycles. The van der Waals surface area contributed by atoms with Crippen molar-refractivity contribution < 1.29 is 4.74 Å². The van der Waals surface area contributed by atoms with Gasteiger partial charge in [0.25, 0.3) is 0 Å². The van der Waals surface area contributed by atoms with E-state index in [0.29, 0.717) is 5.41 Å². The fraction of sp³-hybridized carbons (Fsp3) is 1.00. The molecule has 0 spiro atoms. The zero-order chi connectivity index (χ0) is 15.2. The van der Waals surface area contributed by atoms with Gasteiger partial charge < -0.3 is 9.64 Å². The molecule has 2 heteroatoms. The van der Waals surface area contributed by atoms with Gasteiger partial charge in [-0.15, -0.1) is 0 Å². The van der Waals surface area contributed by atoms with Crippen LogP contribution in [0.1, 0.15) is 73.6 Å². The topological polar surface area (TPSA) is 12.5 Å². The summed E-state index contributed by atoms with van der Waals surface area (Å²) in [6, 6.07) is 0. The second kappa shape index (κ2) is 7.79. The van der Waals surface area contributed by atoms with Gasteiger partial charge in [-0.25, -0.2) is 0 Å². The minimum absolute atomic E-state index is 0.0179. The number of unbranched alkanes of at least 4 members (excludes halogenated alkanes) is 1. The number of likely N-dealkylation sites (tertiary alicyclic amines) is 1. The zero-order valence-corrected chi connectivity index (χ0v) is 14.8. The van der Waals surface area contributed by atoms with E-state index >= 15 is 0 Å². The zero-order valence-electron chi connectivity index (χ0n) is 14.8. The fourth-order valence-electron chi connectivity index (χ4n) is 2.74. The molecular weight excluding hydrogens is 246 g/mol.